The van der Waals surface area contributed by atoms with E-state index in [0.717, 1.165) is 24.5 Å². The zero-order valence-electron chi connectivity index (χ0n) is 78.9. The highest BCUT2D eigenvalue weighted by Gasteiger charge is 2.59. The van der Waals surface area contributed by atoms with Gasteiger partial charge >= 0.3 is 0 Å². The van der Waals surface area contributed by atoms with Crippen LogP contribution < -0.4 is 46.5 Å². The molecule has 0 atom stereocenters. The second-order valence-corrected chi connectivity index (χ2v) is 42.9. The van der Waals surface area contributed by atoms with Gasteiger partial charge < -0.3 is 23.7 Å². The number of ether oxygens (including phenoxy) is 5. The van der Waals surface area contributed by atoms with Gasteiger partial charge in [0.25, 0.3) is 0 Å². The summed E-state index contributed by atoms with van der Waals surface area (Å²) in [5.41, 5.74) is 28.7. The van der Waals surface area contributed by atoms with Crippen LogP contribution in [0.15, 0.2) is 183 Å². The topological polar surface area (TPSA) is 65.5 Å². The molecular weight excluding hydrogens is 1540 g/mol. The predicted octanol–water partition coefficient (Wildman–Crippen LogP) is 25.9. The second-order valence-electron chi connectivity index (χ2n) is 42.9. The van der Waals surface area contributed by atoms with Gasteiger partial charge in [0, 0.05) is 116 Å². The molecule has 0 amide bonds. The first-order valence-corrected chi connectivity index (χ1v) is 49.9. The largest absolute Gasteiger partial charge is 0.492 e. The number of aromatic nitrogens is 5. The smallest absolute Gasteiger partial charge is 0.216 e. The van der Waals surface area contributed by atoms with Crippen LogP contribution in [0.25, 0.3) is 56.3 Å². The van der Waals surface area contributed by atoms with Crippen molar-refractivity contribution in [3.8, 4) is 85.0 Å². The van der Waals surface area contributed by atoms with E-state index in [9.17, 15) is 0 Å². The van der Waals surface area contributed by atoms with Crippen LogP contribution in [-0.4, -0.2) is 29.0 Å². The van der Waals surface area contributed by atoms with E-state index in [1.54, 1.807) is 0 Å². The Bertz CT molecular complexity index is 5540. The van der Waals surface area contributed by atoms with Gasteiger partial charge in [-0.05, 0) is 267 Å². The number of rotatable bonds is 5. The minimum Gasteiger partial charge on any atom is -0.492 e. The van der Waals surface area contributed by atoms with Gasteiger partial charge in [0.1, 0.15) is 86.4 Å². The predicted molar refractivity (Wildman–Crippen MR) is 508 cm³/mol. The number of hydrogen-bond acceptors (Lipinski definition) is 5. The fourth-order valence-corrected chi connectivity index (χ4v) is 27.5. The van der Waals surface area contributed by atoms with Crippen molar-refractivity contribution in [2.45, 2.75) is 348 Å². The first-order valence-electron chi connectivity index (χ1n) is 49.9. The highest BCUT2D eigenvalue weighted by Crippen LogP contribution is 2.65. The van der Waals surface area contributed by atoms with Gasteiger partial charge in [0.05, 0.1) is 34.4 Å². The molecule has 8 saturated carbocycles. The van der Waals surface area contributed by atoms with E-state index in [2.05, 4.69) is 289 Å². The van der Waals surface area contributed by atoms with Gasteiger partial charge in [0.15, 0.2) is 31.0 Å². The minimum absolute atomic E-state index is 0.0749. The molecule has 10 nitrogen and oxygen atoms in total. The molecule has 8 aliphatic carbocycles. The van der Waals surface area contributed by atoms with Crippen molar-refractivity contribution in [3.63, 3.8) is 0 Å². The van der Waals surface area contributed by atoms with E-state index in [0.29, 0.717) is 27.1 Å². The van der Waals surface area contributed by atoms with Crippen LogP contribution in [0.5, 0.6) is 28.7 Å². The summed E-state index contributed by atoms with van der Waals surface area (Å²) in [5.74, 6) is 5.92. The average molecular weight is 1690 g/mol. The Morgan fingerprint density at radius 2 is 0.452 bits per heavy atom. The lowest BCUT2D eigenvalue weighted by atomic mass is 9.62. The molecule has 0 bridgehead atoms. The lowest BCUT2D eigenvalue weighted by Gasteiger charge is -2.50. The Morgan fingerprint density at radius 1 is 0.222 bits per heavy atom. The molecule has 5 aromatic heterocycles. The summed E-state index contributed by atoms with van der Waals surface area (Å²) in [5, 5.41) is 0. The summed E-state index contributed by atoms with van der Waals surface area (Å²) < 4.78 is 44.8. The third-order valence-corrected chi connectivity index (χ3v) is 33.8. The Labute approximate surface area is 755 Å². The van der Waals surface area contributed by atoms with E-state index in [4.69, 9.17) is 23.7 Å². The maximum Gasteiger partial charge on any atom is 0.216 e. The highest BCUT2D eigenvalue weighted by molar-refractivity contribution is 5.78. The number of hydrogen-bond donors (Lipinski definition) is 0. The minimum atomic E-state index is -0.111. The van der Waals surface area contributed by atoms with Crippen LogP contribution in [0.2, 0.25) is 0 Å². The normalized spacial score (nSPS) is 21.6. The molecule has 10 heteroatoms. The molecule has 8 spiro atoms. The molecule has 10 aromatic rings. The average Bonchev–Trinajstić information content (AvgIpc) is 1.53. The van der Waals surface area contributed by atoms with Crippen molar-refractivity contribution in [3.05, 3.63) is 238 Å². The van der Waals surface area contributed by atoms with Crippen molar-refractivity contribution in [1.82, 2.24) is 0 Å². The van der Waals surface area contributed by atoms with Crippen molar-refractivity contribution in [2.75, 3.05) is 6.61 Å². The fourth-order valence-electron chi connectivity index (χ4n) is 27.5. The van der Waals surface area contributed by atoms with Gasteiger partial charge in [-0.25, -0.2) is 22.8 Å². The van der Waals surface area contributed by atoms with Gasteiger partial charge in [-0.3, -0.25) is 0 Å². The van der Waals surface area contributed by atoms with Crippen LogP contribution >= 0.6 is 0 Å². The first kappa shape index (κ1) is 86.2. The molecule has 0 unspecified atom stereocenters. The molecular formula is C116H146N5O5+5. The molecule has 660 valence electrons. The zero-order chi connectivity index (χ0) is 86.9. The molecule has 0 radical (unpaired) electrons. The van der Waals surface area contributed by atoms with Crippen LogP contribution in [0, 0.1) is 34.6 Å². The molecule has 8 fully saturated rings. The van der Waals surface area contributed by atoms with Gasteiger partial charge in [-0.15, -0.1) is 0 Å². The molecule has 126 heavy (non-hydrogen) atoms. The lowest BCUT2D eigenvalue weighted by Crippen LogP contribution is -2.48. The molecule has 13 aliphatic rings. The van der Waals surface area contributed by atoms with Crippen LogP contribution in [0.4, 0.5) is 0 Å². The maximum atomic E-state index is 7.06. The zero-order valence-corrected chi connectivity index (χ0v) is 78.9. The van der Waals surface area contributed by atoms with Crippen LogP contribution in [0.3, 0.4) is 0 Å². The number of pyridine rings is 5. The Balaban J connectivity index is 0.000000103. The third-order valence-electron chi connectivity index (χ3n) is 33.8. The molecule has 5 aliphatic heterocycles. The SMILES string of the molecule is Cc1ccc2c(c1-c1cccc[n+]1C)OC(C)(C)CC21CCCCC1.Cc1ccc2c(c1-c1cccc[n+]1C)OC1(CC1)CC21CCCCC1.Cc1ccc2c(c1-c1cccc[n+]1C)OC1(CCCC1)CC21CCCC1.Cc1ccc2c(c1-c1cccc[n+]1C)OC1(CCCCC1)CC21CCCC1.Cc1ccc2c(c1-c1cccc[n+]1C)OCCC21CCCCC1. The molecule has 23 rings (SSSR count). The fraction of sp³-hybridized carbons (Fsp3) is 0.526. The Hall–Kier alpha value is -9.15. The number of benzene rings is 5. The standard InChI is InChI=1S/C25H32NO.C24H30NO.C23H28NO.C23H30NO.C21H26NO/c1-19-11-12-20-23(22(19)21-10-4-9-17-26(21)2)27-25(15-5-3-6-16-25)18-24(20)13-7-8-14-24;1-18-10-11-19-22(21(18)20-9-3-8-16-25(20)2)26-24(14-6-7-15-24)17-23(19)12-4-5-13-23;1-17-9-10-18-21(20(17)19-8-4-7-15-24(19)2)25-23(13-14-23)16-22(18)11-5-3-6-12-22;1-17-11-12-18-21(20(17)19-10-6-9-15-24(19)4)25-22(2,3)16-23(18)13-7-5-8-14-23;1-16-9-10-17-20(19(16)18-8-4-7-14-22(18)2)23-15-13-21(17)11-5-3-6-12-21/h4,9-12,17H,3,5-8,13-16,18H2,1-2H3;3,8-11,16H,4-7,12-15,17H2,1-2H3;4,7-10,15H,3,5-6,11-14,16H2,1-2H3;6,9-12,15H,5,7-8,13-14,16H2,1-4H3;4,7-10,14H,3,5-6,11-13,15H2,1-2H3/q5*+1. The number of nitrogens with zero attached hydrogens (tertiary/aromatic N) is 5. The van der Waals surface area contributed by atoms with E-state index >= 15 is 0 Å². The molecule has 0 N–H and O–H groups in total. The van der Waals surface area contributed by atoms with Crippen molar-refractivity contribution < 1.29 is 46.5 Å². The van der Waals surface area contributed by atoms with Gasteiger partial charge in [-0.1, -0.05) is 151 Å². The first-order chi connectivity index (χ1) is 61.0. The lowest BCUT2D eigenvalue weighted by molar-refractivity contribution is -0.660. The van der Waals surface area contributed by atoms with Crippen LogP contribution in [-0.2, 0) is 62.3 Å². The quantitative estimate of drug-likeness (QED) is 0.161. The monoisotopic (exact) mass is 1690 g/mol. The summed E-state index contributed by atoms with van der Waals surface area (Å²) in [4.78, 5) is 0. The second kappa shape index (κ2) is 34.7. The van der Waals surface area contributed by atoms with E-state index in [1.807, 2.05) is 0 Å². The number of aryl methyl sites for hydroxylation is 10. The third kappa shape index (κ3) is 16.1. The molecule has 10 heterocycles. The summed E-state index contributed by atoms with van der Waals surface area (Å²) >= 11 is 0. The van der Waals surface area contributed by atoms with E-state index in [-0.39, 0.29) is 22.4 Å². The van der Waals surface area contributed by atoms with Crippen LogP contribution in [0.1, 0.15) is 320 Å². The Kier molecular flexibility index (Phi) is 23.8. The number of fused-ring (bicyclic) bond motifs is 10. The summed E-state index contributed by atoms with van der Waals surface area (Å²) in [6.07, 6.45) is 62.0. The Morgan fingerprint density at radius 3 is 0.738 bits per heavy atom. The maximum absolute atomic E-state index is 7.06. The van der Waals surface area contributed by atoms with Crippen molar-refractivity contribution >= 4 is 0 Å². The summed E-state index contributed by atoms with van der Waals surface area (Å²) in [6.45, 7) is 16.5. The summed E-state index contributed by atoms with van der Waals surface area (Å²) in [6, 6.07) is 55.8. The van der Waals surface area contributed by atoms with Gasteiger partial charge in [-0.2, -0.15) is 0 Å². The molecule has 0 saturated heterocycles. The molecule has 5 aromatic carbocycles. The van der Waals surface area contributed by atoms with Gasteiger partial charge in [0.2, 0.25) is 28.5 Å². The van der Waals surface area contributed by atoms with E-state index in [1.165, 1.54) is 373 Å². The van der Waals surface area contributed by atoms with Crippen molar-refractivity contribution in [1.29, 1.82) is 0 Å². The summed E-state index contributed by atoms with van der Waals surface area (Å²) in [7, 11) is 10.7. The van der Waals surface area contributed by atoms with Crippen molar-refractivity contribution in [2.24, 2.45) is 35.2 Å². The highest BCUT2D eigenvalue weighted by atomic mass is 16.5. The van der Waals surface area contributed by atoms with E-state index < -0.39 is 0 Å².